The first kappa shape index (κ1) is 18.2. The van der Waals surface area contributed by atoms with E-state index in [4.69, 9.17) is 9.84 Å². The molecule has 0 aliphatic rings. The molecule has 0 fully saturated rings. The maximum Gasteiger partial charge on any atom is 0.305 e. The minimum Gasteiger partial charge on any atom is -0.481 e. The lowest BCUT2D eigenvalue weighted by Gasteiger charge is -2.16. The van der Waals surface area contributed by atoms with Crippen LogP contribution in [0.3, 0.4) is 0 Å². The van der Waals surface area contributed by atoms with Crippen molar-refractivity contribution in [2.75, 3.05) is 0 Å². The molecule has 0 unspecified atom stereocenters. The van der Waals surface area contributed by atoms with Gasteiger partial charge in [-0.15, -0.1) is 11.3 Å². The highest BCUT2D eigenvalue weighted by molar-refractivity contribution is 7.10. The molecule has 6 heteroatoms. The van der Waals surface area contributed by atoms with E-state index >= 15 is 0 Å². The number of amides is 1. The second-order valence-corrected chi connectivity index (χ2v) is 6.68. The van der Waals surface area contributed by atoms with Crippen molar-refractivity contribution < 1.29 is 19.4 Å². The number of hydrogen-bond acceptors (Lipinski definition) is 4. The molecule has 24 heavy (non-hydrogen) atoms. The van der Waals surface area contributed by atoms with E-state index in [9.17, 15) is 9.59 Å². The molecule has 0 radical (unpaired) electrons. The molecule has 1 aromatic heterocycles. The van der Waals surface area contributed by atoms with E-state index < -0.39 is 12.0 Å². The second-order valence-electron chi connectivity index (χ2n) is 5.70. The van der Waals surface area contributed by atoms with Gasteiger partial charge in [0.15, 0.2) is 0 Å². The zero-order chi connectivity index (χ0) is 17.5. The first-order valence-corrected chi connectivity index (χ1v) is 8.60. The third-order valence-corrected chi connectivity index (χ3v) is 4.36. The smallest absolute Gasteiger partial charge is 0.305 e. The number of nitrogens with one attached hydrogen (secondary N) is 1. The molecule has 0 aliphatic heterocycles. The van der Waals surface area contributed by atoms with E-state index in [1.165, 1.54) is 11.3 Å². The summed E-state index contributed by atoms with van der Waals surface area (Å²) in [6, 6.07) is 10.3. The van der Waals surface area contributed by atoms with E-state index in [1.807, 2.05) is 43.5 Å². The SMILES string of the molecule is CC(C)OCc1ccc(C(=O)N[C@H](CC(=O)O)c2cccs2)cc1. The number of carbonyl (C=O) groups excluding carboxylic acids is 1. The van der Waals surface area contributed by atoms with Gasteiger partial charge in [0, 0.05) is 10.4 Å². The van der Waals surface area contributed by atoms with Gasteiger partial charge in [-0.1, -0.05) is 18.2 Å². The number of carboxylic acid groups (broad SMARTS) is 1. The van der Waals surface area contributed by atoms with E-state index in [0.717, 1.165) is 10.4 Å². The summed E-state index contributed by atoms with van der Waals surface area (Å²) in [6.45, 7) is 4.43. The van der Waals surface area contributed by atoms with E-state index in [-0.39, 0.29) is 18.4 Å². The average Bonchev–Trinajstić information content (AvgIpc) is 3.06. The van der Waals surface area contributed by atoms with Crippen LogP contribution in [-0.4, -0.2) is 23.1 Å². The van der Waals surface area contributed by atoms with Crippen molar-refractivity contribution in [2.45, 2.75) is 39.0 Å². The zero-order valence-electron chi connectivity index (χ0n) is 13.7. The largest absolute Gasteiger partial charge is 0.481 e. The van der Waals surface area contributed by atoms with Crippen LogP contribution < -0.4 is 5.32 Å². The maximum absolute atomic E-state index is 12.4. The Morgan fingerprint density at radius 1 is 1.21 bits per heavy atom. The number of carboxylic acids is 1. The minimum absolute atomic E-state index is 0.146. The van der Waals surface area contributed by atoms with Crippen LogP contribution in [0, 0.1) is 0 Å². The van der Waals surface area contributed by atoms with Crippen LogP contribution in [0.1, 0.15) is 47.1 Å². The van der Waals surface area contributed by atoms with Crippen LogP contribution in [0.5, 0.6) is 0 Å². The Morgan fingerprint density at radius 3 is 2.46 bits per heavy atom. The van der Waals surface area contributed by atoms with Crippen molar-refractivity contribution in [3.8, 4) is 0 Å². The lowest BCUT2D eigenvalue weighted by Crippen LogP contribution is -2.29. The molecule has 0 bridgehead atoms. The molecule has 0 aliphatic carbocycles. The molecule has 1 heterocycles. The fourth-order valence-electron chi connectivity index (χ4n) is 2.14. The third-order valence-electron chi connectivity index (χ3n) is 3.37. The van der Waals surface area contributed by atoms with Crippen LogP contribution in [0.25, 0.3) is 0 Å². The van der Waals surface area contributed by atoms with Crippen LogP contribution in [0.4, 0.5) is 0 Å². The quantitative estimate of drug-likeness (QED) is 0.765. The summed E-state index contributed by atoms with van der Waals surface area (Å²) in [6.07, 6.45) is 0.00239. The standard InChI is InChI=1S/C18H21NO4S/c1-12(2)23-11-13-5-7-14(8-6-13)18(22)19-15(10-17(20)21)16-4-3-9-24-16/h3-9,12,15H,10-11H2,1-2H3,(H,19,22)(H,20,21)/t15-/m1/s1. The fourth-order valence-corrected chi connectivity index (χ4v) is 2.92. The van der Waals surface area contributed by atoms with Crippen molar-refractivity contribution in [1.82, 2.24) is 5.32 Å². The van der Waals surface area contributed by atoms with Crippen LogP contribution in [0.2, 0.25) is 0 Å². The van der Waals surface area contributed by atoms with Gasteiger partial charge >= 0.3 is 5.97 Å². The van der Waals surface area contributed by atoms with Crippen molar-refractivity contribution >= 4 is 23.2 Å². The number of thiophene rings is 1. The summed E-state index contributed by atoms with van der Waals surface area (Å²) in [5, 5.41) is 13.7. The molecular formula is C18H21NO4S. The lowest BCUT2D eigenvalue weighted by molar-refractivity contribution is -0.137. The summed E-state index contributed by atoms with van der Waals surface area (Å²) in [4.78, 5) is 24.2. The summed E-state index contributed by atoms with van der Waals surface area (Å²) < 4.78 is 5.52. The number of ether oxygens (including phenoxy) is 1. The molecule has 2 rings (SSSR count). The Bertz CT molecular complexity index is 665. The van der Waals surface area contributed by atoms with Gasteiger partial charge in [0.1, 0.15) is 0 Å². The number of rotatable bonds is 8. The molecular weight excluding hydrogens is 326 g/mol. The highest BCUT2D eigenvalue weighted by Crippen LogP contribution is 2.22. The van der Waals surface area contributed by atoms with E-state index in [0.29, 0.717) is 12.2 Å². The molecule has 128 valence electrons. The van der Waals surface area contributed by atoms with E-state index in [2.05, 4.69) is 5.32 Å². The Balaban J connectivity index is 2.02. The van der Waals surface area contributed by atoms with Gasteiger partial charge in [-0.3, -0.25) is 9.59 Å². The fraction of sp³-hybridized carbons (Fsp3) is 0.333. The maximum atomic E-state index is 12.4. The molecule has 1 aromatic carbocycles. The Labute approximate surface area is 145 Å². The average molecular weight is 347 g/mol. The minimum atomic E-state index is -0.949. The highest BCUT2D eigenvalue weighted by atomic mass is 32.1. The molecule has 0 saturated carbocycles. The predicted octanol–water partition coefficient (Wildman–Crippen LogP) is 3.62. The number of aliphatic carboxylic acids is 1. The van der Waals surface area contributed by atoms with Gasteiger partial charge < -0.3 is 15.2 Å². The van der Waals surface area contributed by atoms with Gasteiger partial charge in [-0.25, -0.2) is 0 Å². The van der Waals surface area contributed by atoms with Crippen LogP contribution in [-0.2, 0) is 16.1 Å². The molecule has 5 nitrogen and oxygen atoms in total. The third kappa shape index (κ3) is 5.47. The Kier molecular flexibility index (Phi) is 6.52. The summed E-state index contributed by atoms with van der Waals surface area (Å²) in [7, 11) is 0. The normalized spacial score (nSPS) is 12.1. The van der Waals surface area contributed by atoms with Gasteiger partial charge in [-0.05, 0) is 43.0 Å². The van der Waals surface area contributed by atoms with E-state index in [1.54, 1.807) is 12.1 Å². The van der Waals surface area contributed by atoms with Crippen molar-refractivity contribution in [3.05, 3.63) is 57.8 Å². The van der Waals surface area contributed by atoms with Crippen LogP contribution in [0.15, 0.2) is 41.8 Å². The number of carbonyl (C=O) groups is 2. The first-order valence-electron chi connectivity index (χ1n) is 7.72. The predicted molar refractivity (Wildman–Crippen MR) is 93.1 cm³/mol. The van der Waals surface area contributed by atoms with Gasteiger partial charge in [0.05, 0.1) is 25.2 Å². The summed E-state index contributed by atoms with van der Waals surface area (Å²) in [5.74, 6) is -1.24. The summed E-state index contributed by atoms with van der Waals surface area (Å²) in [5.41, 5.74) is 1.48. The monoisotopic (exact) mass is 347 g/mol. The molecule has 2 aromatic rings. The van der Waals surface area contributed by atoms with Gasteiger partial charge in [0.25, 0.3) is 5.91 Å². The molecule has 1 atom stereocenters. The topological polar surface area (TPSA) is 75.6 Å². The Hall–Kier alpha value is -2.18. The lowest BCUT2D eigenvalue weighted by atomic mass is 10.1. The number of benzene rings is 1. The molecule has 0 saturated heterocycles. The van der Waals surface area contributed by atoms with Crippen molar-refractivity contribution in [2.24, 2.45) is 0 Å². The molecule has 2 N–H and O–H groups in total. The number of hydrogen-bond donors (Lipinski definition) is 2. The first-order chi connectivity index (χ1) is 11.5. The van der Waals surface area contributed by atoms with Crippen LogP contribution >= 0.6 is 11.3 Å². The van der Waals surface area contributed by atoms with Gasteiger partial charge in [0.2, 0.25) is 0 Å². The molecule has 0 spiro atoms. The molecule has 1 amide bonds. The van der Waals surface area contributed by atoms with Crippen molar-refractivity contribution in [1.29, 1.82) is 0 Å². The van der Waals surface area contributed by atoms with Crippen molar-refractivity contribution in [3.63, 3.8) is 0 Å². The second kappa shape index (κ2) is 8.61. The Morgan fingerprint density at radius 2 is 1.92 bits per heavy atom. The van der Waals surface area contributed by atoms with Gasteiger partial charge in [-0.2, -0.15) is 0 Å². The summed E-state index contributed by atoms with van der Waals surface area (Å²) >= 11 is 1.43. The highest BCUT2D eigenvalue weighted by Gasteiger charge is 2.19. The zero-order valence-corrected chi connectivity index (χ0v) is 14.5.